The van der Waals surface area contributed by atoms with Crippen molar-refractivity contribution in [2.75, 3.05) is 24.5 Å². The molecule has 3 rings (SSSR count). The zero-order valence-corrected chi connectivity index (χ0v) is 16.3. The molecule has 2 aromatic rings. The summed E-state index contributed by atoms with van der Waals surface area (Å²) in [6.07, 6.45) is -1.34. The number of rotatable bonds is 4. The van der Waals surface area contributed by atoms with Crippen molar-refractivity contribution < 1.29 is 8.78 Å². The quantitative estimate of drug-likeness (QED) is 0.816. The number of aromatic nitrogens is 2. The fourth-order valence-electron chi connectivity index (χ4n) is 3.18. The number of anilines is 1. The number of benzene rings is 1. The molecule has 27 heavy (non-hydrogen) atoms. The van der Waals surface area contributed by atoms with Gasteiger partial charge in [0.05, 0.1) is 15.7 Å². The first-order valence-electron chi connectivity index (χ1n) is 8.57. The molecular weight excluding hydrogens is 397 g/mol. The number of halogens is 4. The number of piperidine rings is 1. The predicted octanol–water partition coefficient (Wildman–Crippen LogP) is 4.04. The summed E-state index contributed by atoms with van der Waals surface area (Å²) in [5.74, 6) is -0.419. The van der Waals surface area contributed by atoms with E-state index in [-0.39, 0.29) is 27.0 Å². The van der Waals surface area contributed by atoms with Crippen LogP contribution in [0.15, 0.2) is 29.1 Å². The van der Waals surface area contributed by atoms with Gasteiger partial charge in [-0.15, -0.1) is 0 Å². The minimum Gasteiger partial charge on any atom is -0.356 e. The summed E-state index contributed by atoms with van der Waals surface area (Å²) in [4.78, 5) is 18.6. The molecule has 0 atom stereocenters. The second-order valence-corrected chi connectivity index (χ2v) is 7.81. The highest BCUT2D eigenvalue weighted by molar-refractivity contribution is 6.43. The van der Waals surface area contributed by atoms with Crippen molar-refractivity contribution in [3.63, 3.8) is 0 Å². The molecule has 1 aliphatic rings. The lowest BCUT2D eigenvalue weighted by Crippen LogP contribution is -2.43. The second kappa shape index (κ2) is 7.73. The Morgan fingerprint density at radius 1 is 1.30 bits per heavy atom. The van der Waals surface area contributed by atoms with Crippen molar-refractivity contribution in [3.05, 3.63) is 50.5 Å². The molecule has 0 spiro atoms. The summed E-state index contributed by atoms with van der Waals surface area (Å²) in [7, 11) is 0. The van der Waals surface area contributed by atoms with E-state index in [9.17, 15) is 13.6 Å². The highest BCUT2D eigenvalue weighted by atomic mass is 35.5. The molecule has 0 bridgehead atoms. The molecule has 1 saturated heterocycles. The standard InChI is InChI=1S/C18H20Cl2F2N4O/c1-18(10-23)5-7-25(8-6-18)13-9-14(27)26(17(24-13)16(21)22)12-4-2-3-11(19)15(12)20/h2-4,9,16H,5-8,10,23H2,1H3. The second-order valence-electron chi connectivity index (χ2n) is 7.02. The lowest BCUT2D eigenvalue weighted by atomic mass is 9.80. The third-order valence-corrected chi connectivity index (χ3v) is 5.89. The monoisotopic (exact) mass is 416 g/mol. The molecule has 0 unspecified atom stereocenters. The Labute approximate surface area is 165 Å². The maximum atomic E-state index is 13.7. The largest absolute Gasteiger partial charge is 0.356 e. The summed E-state index contributed by atoms with van der Waals surface area (Å²) < 4.78 is 28.2. The van der Waals surface area contributed by atoms with Gasteiger partial charge in [-0.3, -0.25) is 9.36 Å². The molecular formula is C18H20Cl2F2N4O. The fourth-order valence-corrected chi connectivity index (χ4v) is 3.56. The molecule has 0 aliphatic carbocycles. The van der Waals surface area contributed by atoms with Gasteiger partial charge >= 0.3 is 0 Å². The Kier molecular flexibility index (Phi) is 5.74. The van der Waals surface area contributed by atoms with E-state index in [1.165, 1.54) is 24.3 Å². The van der Waals surface area contributed by atoms with Crippen LogP contribution in [0.4, 0.5) is 14.6 Å². The van der Waals surface area contributed by atoms with Crippen molar-refractivity contribution >= 4 is 29.0 Å². The van der Waals surface area contributed by atoms with Gasteiger partial charge in [0, 0.05) is 19.2 Å². The van der Waals surface area contributed by atoms with E-state index in [1.807, 2.05) is 4.90 Å². The number of nitrogens with two attached hydrogens (primary N) is 1. The molecule has 0 radical (unpaired) electrons. The van der Waals surface area contributed by atoms with Gasteiger partial charge in [-0.25, -0.2) is 13.8 Å². The SMILES string of the molecule is CC1(CN)CCN(c2cc(=O)n(-c3cccc(Cl)c3Cl)c(C(F)F)n2)CC1. The highest BCUT2D eigenvalue weighted by Gasteiger charge is 2.30. The molecule has 1 aliphatic heterocycles. The molecule has 1 aromatic heterocycles. The van der Waals surface area contributed by atoms with Crippen molar-refractivity contribution in [2.24, 2.45) is 11.1 Å². The summed E-state index contributed by atoms with van der Waals surface area (Å²) in [5.41, 5.74) is 5.28. The van der Waals surface area contributed by atoms with Gasteiger partial charge in [-0.05, 0) is 36.9 Å². The summed E-state index contributed by atoms with van der Waals surface area (Å²) in [5, 5.41) is 0.192. The van der Waals surface area contributed by atoms with Gasteiger partial charge in [0.25, 0.3) is 12.0 Å². The van der Waals surface area contributed by atoms with E-state index in [0.29, 0.717) is 19.6 Å². The van der Waals surface area contributed by atoms with Gasteiger partial charge in [0.1, 0.15) is 5.82 Å². The Bertz CT molecular complexity index is 895. The maximum absolute atomic E-state index is 13.7. The lowest BCUT2D eigenvalue weighted by molar-refractivity contribution is 0.136. The molecule has 2 N–H and O–H groups in total. The molecule has 0 saturated carbocycles. The first-order chi connectivity index (χ1) is 12.8. The average molecular weight is 417 g/mol. The average Bonchev–Trinajstić information content (AvgIpc) is 2.64. The zero-order chi connectivity index (χ0) is 19.8. The minimum atomic E-state index is -2.95. The zero-order valence-electron chi connectivity index (χ0n) is 14.8. The number of nitrogens with zero attached hydrogens (tertiary/aromatic N) is 3. The van der Waals surface area contributed by atoms with Gasteiger partial charge < -0.3 is 10.6 Å². The molecule has 2 heterocycles. The Balaban J connectivity index is 2.04. The summed E-state index contributed by atoms with van der Waals surface area (Å²) >= 11 is 12.1. The first kappa shape index (κ1) is 20.0. The predicted molar refractivity (Wildman–Crippen MR) is 103 cm³/mol. The van der Waals surface area contributed by atoms with Crippen molar-refractivity contribution in [1.29, 1.82) is 0 Å². The van der Waals surface area contributed by atoms with Crippen LogP contribution in [0, 0.1) is 5.41 Å². The van der Waals surface area contributed by atoms with Crippen LogP contribution < -0.4 is 16.2 Å². The van der Waals surface area contributed by atoms with Crippen LogP contribution in [0.5, 0.6) is 0 Å². The number of alkyl halides is 2. The lowest BCUT2D eigenvalue weighted by Gasteiger charge is -2.39. The number of hydrogen-bond donors (Lipinski definition) is 1. The van der Waals surface area contributed by atoms with Crippen LogP contribution in [-0.2, 0) is 0 Å². The van der Waals surface area contributed by atoms with Gasteiger partial charge in [-0.1, -0.05) is 36.2 Å². The minimum absolute atomic E-state index is 0.0192. The van der Waals surface area contributed by atoms with Gasteiger partial charge in [0.2, 0.25) is 0 Å². The summed E-state index contributed by atoms with van der Waals surface area (Å²) in [6, 6.07) is 5.77. The molecule has 1 fully saturated rings. The molecule has 1 aromatic carbocycles. The topological polar surface area (TPSA) is 64.2 Å². The van der Waals surface area contributed by atoms with E-state index >= 15 is 0 Å². The normalized spacial score (nSPS) is 16.8. The third kappa shape index (κ3) is 3.95. The van der Waals surface area contributed by atoms with Gasteiger partial charge in [-0.2, -0.15) is 0 Å². The van der Waals surface area contributed by atoms with E-state index in [0.717, 1.165) is 17.4 Å². The highest BCUT2D eigenvalue weighted by Crippen LogP contribution is 2.33. The van der Waals surface area contributed by atoms with Crippen molar-refractivity contribution in [3.8, 4) is 5.69 Å². The molecule has 5 nitrogen and oxygen atoms in total. The van der Waals surface area contributed by atoms with Crippen molar-refractivity contribution in [1.82, 2.24) is 9.55 Å². The van der Waals surface area contributed by atoms with E-state index in [2.05, 4.69) is 11.9 Å². The van der Waals surface area contributed by atoms with E-state index < -0.39 is 17.8 Å². The third-order valence-electron chi connectivity index (χ3n) is 5.09. The van der Waals surface area contributed by atoms with E-state index in [4.69, 9.17) is 28.9 Å². The van der Waals surface area contributed by atoms with Crippen molar-refractivity contribution in [2.45, 2.75) is 26.2 Å². The number of hydrogen-bond acceptors (Lipinski definition) is 4. The Morgan fingerprint density at radius 3 is 2.56 bits per heavy atom. The molecule has 146 valence electrons. The van der Waals surface area contributed by atoms with Gasteiger partial charge in [0.15, 0.2) is 5.82 Å². The Hall–Kier alpha value is -1.70. The molecule has 0 amide bonds. The smallest absolute Gasteiger partial charge is 0.296 e. The van der Waals surface area contributed by atoms with Crippen LogP contribution in [0.2, 0.25) is 10.0 Å². The van der Waals surface area contributed by atoms with Crippen LogP contribution >= 0.6 is 23.2 Å². The molecule has 9 heteroatoms. The van der Waals surface area contributed by atoms with E-state index in [1.54, 1.807) is 0 Å². The van der Waals surface area contributed by atoms with Crippen LogP contribution in [0.3, 0.4) is 0 Å². The van der Waals surface area contributed by atoms with Crippen LogP contribution in [-0.4, -0.2) is 29.2 Å². The Morgan fingerprint density at radius 2 is 1.96 bits per heavy atom. The maximum Gasteiger partial charge on any atom is 0.296 e. The summed E-state index contributed by atoms with van der Waals surface area (Å²) in [6.45, 7) is 3.86. The fraction of sp³-hybridized carbons (Fsp3) is 0.444. The van der Waals surface area contributed by atoms with Crippen LogP contribution in [0.25, 0.3) is 5.69 Å². The van der Waals surface area contributed by atoms with Crippen LogP contribution in [0.1, 0.15) is 32.0 Å². The first-order valence-corrected chi connectivity index (χ1v) is 9.33.